The average Bonchev–Trinajstić information content (AvgIpc) is 2.37. The zero-order valence-corrected chi connectivity index (χ0v) is 16.0. The van der Waals surface area contributed by atoms with Crippen LogP contribution < -0.4 is 0 Å². The number of hydrogen-bond acceptors (Lipinski definition) is 1. The molecule has 0 aromatic heterocycles. The molecular formula is C15H22BrOZn-. The molecule has 0 aliphatic heterocycles. The molecule has 1 N–H and O–H groups in total. The van der Waals surface area contributed by atoms with Crippen LogP contribution in [0.3, 0.4) is 0 Å². The summed E-state index contributed by atoms with van der Waals surface area (Å²) in [5.41, 5.74) is 0.922. The van der Waals surface area contributed by atoms with Gasteiger partial charge in [-0.3, -0.25) is 0 Å². The topological polar surface area (TPSA) is 20.2 Å². The van der Waals surface area contributed by atoms with Crippen molar-refractivity contribution in [3.63, 3.8) is 0 Å². The number of unbranched alkanes of at least 4 members (excludes halogenated alkanes) is 2. The molecule has 0 heterocycles. The minimum atomic E-state index is -0.502. The molecule has 1 aromatic carbocycles. The summed E-state index contributed by atoms with van der Waals surface area (Å²) in [5, 5.41) is 9.88. The Morgan fingerprint density at radius 2 is 1.94 bits per heavy atom. The summed E-state index contributed by atoms with van der Waals surface area (Å²) < 4.78 is 0.956. The molecule has 0 unspecified atom stereocenters. The van der Waals surface area contributed by atoms with Crippen LogP contribution in [0.2, 0.25) is 0 Å². The molecule has 0 aliphatic rings. The molecule has 18 heavy (non-hydrogen) atoms. The number of hydrogen-bond donors (Lipinski definition) is 1. The smallest absolute Gasteiger partial charge is 0.0982 e. The van der Waals surface area contributed by atoms with Crippen molar-refractivity contribution < 1.29 is 24.6 Å². The zero-order valence-electron chi connectivity index (χ0n) is 11.4. The van der Waals surface area contributed by atoms with E-state index in [0.717, 1.165) is 16.5 Å². The Bertz CT molecular complexity index is 326. The number of aliphatic hydroxyl groups is 1. The maximum Gasteiger partial charge on any atom is 0.0982 e. The van der Waals surface area contributed by atoms with Crippen LogP contribution in [0.1, 0.15) is 44.8 Å². The number of aliphatic hydroxyl groups excluding tert-OH is 1. The summed E-state index contributed by atoms with van der Waals surface area (Å²) in [5.74, 6) is 0. The molecule has 98 valence electrons. The Labute approximate surface area is 133 Å². The zero-order chi connectivity index (χ0) is 13.1. The van der Waals surface area contributed by atoms with Crippen molar-refractivity contribution in [2.45, 2.75) is 39.2 Å². The van der Waals surface area contributed by atoms with Crippen molar-refractivity contribution in [2.24, 2.45) is 0 Å². The largest absolute Gasteiger partial charge is 0.384 e. The van der Waals surface area contributed by atoms with Gasteiger partial charge in [0.25, 0.3) is 0 Å². The van der Waals surface area contributed by atoms with E-state index in [9.17, 15) is 5.11 Å². The molecule has 0 bridgehead atoms. The molecule has 0 fully saturated rings. The van der Waals surface area contributed by atoms with Gasteiger partial charge in [0, 0.05) is 24.0 Å². The van der Waals surface area contributed by atoms with Crippen LogP contribution in [0.15, 0.2) is 40.9 Å². The first-order valence-corrected chi connectivity index (χ1v) is 6.85. The van der Waals surface area contributed by atoms with Gasteiger partial charge in [0.2, 0.25) is 0 Å². The second-order valence-electron chi connectivity index (χ2n) is 3.54. The van der Waals surface area contributed by atoms with Crippen LogP contribution in [0.25, 0.3) is 0 Å². The van der Waals surface area contributed by atoms with Crippen LogP contribution in [0.4, 0.5) is 0 Å². The van der Waals surface area contributed by atoms with E-state index < -0.39 is 6.10 Å². The fraction of sp³-hybridized carbons (Fsp3) is 0.400. The predicted molar refractivity (Wildman–Crippen MR) is 78.8 cm³/mol. The molecule has 1 rings (SSSR count). The SMILES string of the molecule is CCCC/C=C/[C@H](O)c1ccccc1Br.[CH2-]C.[Zn]. The van der Waals surface area contributed by atoms with Crippen molar-refractivity contribution in [3.8, 4) is 0 Å². The van der Waals surface area contributed by atoms with Crippen molar-refractivity contribution in [2.75, 3.05) is 0 Å². The molecule has 3 heteroatoms. The fourth-order valence-corrected chi connectivity index (χ4v) is 1.89. The van der Waals surface area contributed by atoms with Crippen LogP contribution in [0.5, 0.6) is 0 Å². The van der Waals surface area contributed by atoms with Crippen LogP contribution in [0, 0.1) is 6.92 Å². The quantitative estimate of drug-likeness (QED) is 0.335. The maximum absolute atomic E-state index is 9.88. The summed E-state index contributed by atoms with van der Waals surface area (Å²) in [6.07, 6.45) is 6.81. The average molecular weight is 364 g/mol. The second kappa shape index (κ2) is 13.5. The molecule has 0 spiro atoms. The van der Waals surface area contributed by atoms with E-state index in [-0.39, 0.29) is 19.5 Å². The van der Waals surface area contributed by atoms with E-state index in [4.69, 9.17) is 0 Å². The molecule has 1 nitrogen and oxygen atoms in total. The molecular weight excluding hydrogens is 341 g/mol. The van der Waals surface area contributed by atoms with Crippen LogP contribution in [-0.4, -0.2) is 5.11 Å². The van der Waals surface area contributed by atoms with Gasteiger partial charge >= 0.3 is 0 Å². The summed E-state index contributed by atoms with van der Waals surface area (Å²) in [7, 11) is 0. The molecule has 0 amide bonds. The molecule has 0 saturated heterocycles. The monoisotopic (exact) mass is 361 g/mol. The first kappa shape index (κ1) is 20.3. The van der Waals surface area contributed by atoms with E-state index in [1.54, 1.807) is 6.92 Å². The normalized spacial score (nSPS) is 11.4. The van der Waals surface area contributed by atoms with Crippen molar-refractivity contribution in [1.29, 1.82) is 0 Å². The number of benzene rings is 1. The third-order valence-corrected chi connectivity index (χ3v) is 2.99. The van der Waals surface area contributed by atoms with Crippen molar-refractivity contribution in [1.82, 2.24) is 0 Å². The number of halogens is 1. The Morgan fingerprint density at radius 3 is 2.50 bits per heavy atom. The van der Waals surface area contributed by atoms with E-state index in [1.165, 1.54) is 12.8 Å². The van der Waals surface area contributed by atoms with Gasteiger partial charge in [-0.05, 0) is 18.1 Å². The van der Waals surface area contributed by atoms with Gasteiger partial charge in [-0.2, -0.15) is 6.92 Å². The van der Waals surface area contributed by atoms with Gasteiger partial charge in [-0.1, -0.05) is 66.0 Å². The Balaban J connectivity index is 0. The fourth-order valence-electron chi connectivity index (χ4n) is 1.37. The Morgan fingerprint density at radius 1 is 1.33 bits per heavy atom. The van der Waals surface area contributed by atoms with Gasteiger partial charge in [0.05, 0.1) is 6.10 Å². The third kappa shape index (κ3) is 8.18. The van der Waals surface area contributed by atoms with Crippen molar-refractivity contribution in [3.05, 3.63) is 53.4 Å². The molecule has 1 atom stereocenters. The molecule has 1 aromatic rings. The van der Waals surface area contributed by atoms with Crippen LogP contribution in [-0.2, 0) is 19.5 Å². The summed E-state index contributed by atoms with van der Waals surface area (Å²) in [4.78, 5) is 0. The van der Waals surface area contributed by atoms with Gasteiger partial charge in [-0.25, -0.2) is 0 Å². The van der Waals surface area contributed by atoms with Gasteiger partial charge in [0.1, 0.15) is 0 Å². The van der Waals surface area contributed by atoms with Gasteiger partial charge in [-0.15, -0.1) is 0 Å². The summed E-state index contributed by atoms with van der Waals surface area (Å²) in [6.45, 7) is 7.16. The van der Waals surface area contributed by atoms with Gasteiger partial charge in [0.15, 0.2) is 0 Å². The van der Waals surface area contributed by atoms with E-state index >= 15 is 0 Å². The van der Waals surface area contributed by atoms with Crippen molar-refractivity contribution >= 4 is 15.9 Å². The first-order chi connectivity index (χ1) is 8.25. The van der Waals surface area contributed by atoms with Gasteiger partial charge < -0.3 is 12.0 Å². The first-order valence-electron chi connectivity index (χ1n) is 6.05. The molecule has 0 radical (unpaired) electrons. The number of rotatable bonds is 5. The number of allylic oxidation sites excluding steroid dienone is 1. The standard InChI is InChI=1S/C13H17BrO.C2H5.Zn/c1-2-3-4-5-10-13(15)11-8-6-7-9-12(11)14;1-2;/h5-10,13,15H,2-4H2,1H3;1H2,2H3;/q;-1;/b10-5+;;/t13-;;/m0../s1. The van der Waals surface area contributed by atoms with E-state index in [0.29, 0.717) is 0 Å². The van der Waals surface area contributed by atoms with E-state index in [1.807, 2.05) is 36.4 Å². The van der Waals surface area contributed by atoms with Crippen LogP contribution >= 0.6 is 15.9 Å². The Kier molecular flexibility index (Phi) is 15.2. The molecule has 0 aliphatic carbocycles. The minimum Gasteiger partial charge on any atom is -0.384 e. The summed E-state index contributed by atoms with van der Waals surface area (Å²) in [6, 6.07) is 7.75. The Hall–Kier alpha value is 0.0234. The third-order valence-electron chi connectivity index (χ3n) is 2.27. The van der Waals surface area contributed by atoms with E-state index in [2.05, 4.69) is 29.8 Å². The maximum atomic E-state index is 9.88. The summed E-state index contributed by atoms with van der Waals surface area (Å²) >= 11 is 3.43. The minimum absolute atomic E-state index is 0. The second-order valence-corrected chi connectivity index (χ2v) is 4.39. The molecule has 0 saturated carbocycles. The predicted octanol–water partition coefficient (Wildman–Crippen LogP) is 5.07.